The minimum atomic E-state index is -0.0336. The number of pyridine rings is 1. The zero-order valence-corrected chi connectivity index (χ0v) is 11.6. The zero-order chi connectivity index (χ0) is 13.7. The van der Waals surface area contributed by atoms with Crippen LogP contribution in [0, 0.1) is 20.8 Å². The highest BCUT2D eigenvalue weighted by Gasteiger charge is 2.07. The van der Waals surface area contributed by atoms with Crippen LogP contribution in [0.1, 0.15) is 22.3 Å². The van der Waals surface area contributed by atoms with Gasteiger partial charge in [0.1, 0.15) is 0 Å². The second-order valence-corrected chi connectivity index (χ2v) is 4.92. The molecule has 0 spiro atoms. The van der Waals surface area contributed by atoms with Gasteiger partial charge in [-0.3, -0.25) is 4.98 Å². The Kier molecular flexibility index (Phi) is 4.69. The Balaban J connectivity index is 1.90. The third-order valence-corrected chi connectivity index (χ3v) is 3.19. The largest absolute Gasteiger partial charge is 0.373 e. The number of nitrogens with zero attached hydrogens (tertiary/aromatic N) is 1. The fraction of sp³-hybridized carbons (Fsp3) is 0.294. The maximum absolute atomic E-state index is 5.79. The van der Waals surface area contributed by atoms with Gasteiger partial charge in [0.25, 0.3) is 0 Å². The molecule has 2 aromatic rings. The molecule has 0 saturated heterocycles. The summed E-state index contributed by atoms with van der Waals surface area (Å²) in [7, 11) is 0. The first-order chi connectivity index (χ1) is 9.15. The van der Waals surface area contributed by atoms with E-state index in [1.54, 1.807) is 12.4 Å². The number of aryl methyl sites for hydroxylation is 2. The molecule has 2 nitrogen and oxygen atoms in total. The minimum absolute atomic E-state index is 0.0336. The van der Waals surface area contributed by atoms with E-state index >= 15 is 0 Å². The van der Waals surface area contributed by atoms with Crippen LogP contribution < -0.4 is 0 Å². The third kappa shape index (κ3) is 4.18. The first kappa shape index (κ1) is 13.8. The number of hydrogen-bond donors (Lipinski definition) is 0. The molecule has 0 N–H and O–H groups in total. The van der Waals surface area contributed by atoms with Gasteiger partial charge < -0.3 is 4.74 Å². The Morgan fingerprint density at radius 2 is 1.89 bits per heavy atom. The van der Waals surface area contributed by atoms with Crippen LogP contribution in [0.25, 0.3) is 0 Å². The van der Waals surface area contributed by atoms with Crippen molar-refractivity contribution in [1.29, 1.82) is 0 Å². The topological polar surface area (TPSA) is 22.1 Å². The number of benzene rings is 1. The standard InChI is InChI=1S/C17H20NO/c1-13-4-5-14(2)17(10-13)11-15(3)19-12-16-6-8-18-9-7-16/h4-10,15H,3,11-12H2,1-2H3. The highest BCUT2D eigenvalue weighted by molar-refractivity contribution is 5.31. The van der Waals surface area contributed by atoms with Crippen molar-refractivity contribution in [3.8, 4) is 0 Å². The van der Waals surface area contributed by atoms with E-state index in [9.17, 15) is 0 Å². The van der Waals surface area contributed by atoms with Gasteiger partial charge in [0, 0.05) is 12.4 Å². The Morgan fingerprint density at radius 3 is 2.63 bits per heavy atom. The Bertz CT molecular complexity index is 522. The van der Waals surface area contributed by atoms with E-state index in [0.29, 0.717) is 6.61 Å². The average molecular weight is 254 g/mol. The highest BCUT2D eigenvalue weighted by Crippen LogP contribution is 2.14. The van der Waals surface area contributed by atoms with Crippen molar-refractivity contribution in [2.24, 2.45) is 0 Å². The maximum Gasteiger partial charge on any atom is 0.0721 e. The van der Waals surface area contributed by atoms with E-state index in [1.165, 1.54) is 16.7 Å². The summed E-state index contributed by atoms with van der Waals surface area (Å²) in [4.78, 5) is 3.99. The van der Waals surface area contributed by atoms with Crippen molar-refractivity contribution in [3.63, 3.8) is 0 Å². The number of aromatic nitrogens is 1. The summed E-state index contributed by atoms with van der Waals surface area (Å²) in [5, 5.41) is 0. The van der Waals surface area contributed by atoms with Crippen molar-refractivity contribution < 1.29 is 4.74 Å². The normalized spacial score (nSPS) is 12.4. The molecule has 1 unspecified atom stereocenters. The molecular formula is C17H20NO. The Morgan fingerprint density at radius 1 is 1.16 bits per heavy atom. The fourth-order valence-corrected chi connectivity index (χ4v) is 2.02. The second-order valence-electron chi connectivity index (χ2n) is 4.92. The number of ether oxygens (including phenoxy) is 1. The summed E-state index contributed by atoms with van der Waals surface area (Å²) in [6, 6.07) is 10.4. The summed E-state index contributed by atoms with van der Waals surface area (Å²) in [5.41, 5.74) is 5.02. The van der Waals surface area contributed by atoms with Crippen LogP contribution in [0.5, 0.6) is 0 Å². The summed E-state index contributed by atoms with van der Waals surface area (Å²) >= 11 is 0. The van der Waals surface area contributed by atoms with Crippen LogP contribution in [-0.2, 0) is 17.8 Å². The van der Waals surface area contributed by atoms with Gasteiger partial charge in [-0.1, -0.05) is 23.8 Å². The van der Waals surface area contributed by atoms with E-state index in [0.717, 1.165) is 12.0 Å². The quantitative estimate of drug-likeness (QED) is 0.812. The maximum atomic E-state index is 5.79. The summed E-state index contributed by atoms with van der Waals surface area (Å²) in [6.07, 6.45) is 4.37. The molecule has 1 atom stereocenters. The van der Waals surface area contributed by atoms with Gasteiger partial charge in [-0.2, -0.15) is 0 Å². The molecule has 0 aliphatic rings. The molecule has 99 valence electrons. The van der Waals surface area contributed by atoms with Gasteiger partial charge in [0.05, 0.1) is 12.7 Å². The SMILES string of the molecule is [CH2]C(Cc1cc(C)ccc1C)OCc1ccncc1. The first-order valence-corrected chi connectivity index (χ1v) is 6.55. The Hall–Kier alpha value is -1.67. The molecule has 0 amide bonds. The smallest absolute Gasteiger partial charge is 0.0721 e. The molecule has 1 aromatic carbocycles. The van der Waals surface area contributed by atoms with Crippen molar-refractivity contribution in [2.45, 2.75) is 33.0 Å². The molecule has 1 aromatic heterocycles. The highest BCUT2D eigenvalue weighted by atomic mass is 16.5. The summed E-state index contributed by atoms with van der Waals surface area (Å²) in [5.74, 6) is 0. The number of hydrogen-bond acceptors (Lipinski definition) is 2. The third-order valence-electron chi connectivity index (χ3n) is 3.19. The van der Waals surface area contributed by atoms with Crippen molar-refractivity contribution in [1.82, 2.24) is 4.98 Å². The van der Waals surface area contributed by atoms with Gasteiger partial charge in [-0.05, 0) is 56.0 Å². The molecule has 1 heterocycles. The van der Waals surface area contributed by atoms with E-state index in [1.807, 2.05) is 12.1 Å². The summed E-state index contributed by atoms with van der Waals surface area (Å²) in [6.45, 7) is 8.91. The van der Waals surface area contributed by atoms with E-state index < -0.39 is 0 Å². The van der Waals surface area contributed by atoms with Crippen LogP contribution in [0.4, 0.5) is 0 Å². The van der Waals surface area contributed by atoms with Gasteiger partial charge in [-0.15, -0.1) is 0 Å². The molecule has 19 heavy (non-hydrogen) atoms. The van der Waals surface area contributed by atoms with E-state index in [2.05, 4.69) is 44.0 Å². The van der Waals surface area contributed by atoms with Gasteiger partial charge >= 0.3 is 0 Å². The molecule has 0 fully saturated rings. The van der Waals surface area contributed by atoms with E-state index in [4.69, 9.17) is 4.74 Å². The van der Waals surface area contributed by atoms with Crippen LogP contribution in [0.3, 0.4) is 0 Å². The molecule has 0 aliphatic carbocycles. The lowest BCUT2D eigenvalue weighted by Gasteiger charge is -2.15. The lowest BCUT2D eigenvalue weighted by atomic mass is 10.0. The molecule has 2 heteroatoms. The molecule has 0 saturated carbocycles. The predicted octanol–water partition coefficient (Wildman–Crippen LogP) is 3.66. The molecule has 1 radical (unpaired) electrons. The molecule has 2 rings (SSSR count). The molecular weight excluding hydrogens is 234 g/mol. The van der Waals surface area contributed by atoms with Crippen molar-refractivity contribution >= 4 is 0 Å². The molecule has 0 aliphatic heterocycles. The Labute approximate surface area is 115 Å². The average Bonchev–Trinajstić information content (AvgIpc) is 2.42. The van der Waals surface area contributed by atoms with Gasteiger partial charge in [0.2, 0.25) is 0 Å². The van der Waals surface area contributed by atoms with Crippen LogP contribution in [-0.4, -0.2) is 11.1 Å². The van der Waals surface area contributed by atoms with E-state index in [-0.39, 0.29) is 6.10 Å². The predicted molar refractivity (Wildman–Crippen MR) is 77.8 cm³/mol. The summed E-state index contributed by atoms with van der Waals surface area (Å²) < 4.78 is 5.79. The van der Waals surface area contributed by atoms with Crippen molar-refractivity contribution in [3.05, 3.63) is 71.9 Å². The lowest BCUT2D eigenvalue weighted by molar-refractivity contribution is 0.0703. The fourth-order valence-electron chi connectivity index (χ4n) is 2.02. The minimum Gasteiger partial charge on any atom is -0.373 e. The second kappa shape index (κ2) is 6.48. The monoisotopic (exact) mass is 254 g/mol. The zero-order valence-electron chi connectivity index (χ0n) is 11.6. The van der Waals surface area contributed by atoms with Gasteiger partial charge in [0.15, 0.2) is 0 Å². The van der Waals surface area contributed by atoms with Crippen LogP contribution in [0.15, 0.2) is 42.7 Å². The van der Waals surface area contributed by atoms with Gasteiger partial charge in [-0.25, -0.2) is 0 Å². The molecule has 0 bridgehead atoms. The number of rotatable bonds is 5. The lowest BCUT2D eigenvalue weighted by Crippen LogP contribution is -2.13. The van der Waals surface area contributed by atoms with Crippen LogP contribution >= 0.6 is 0 Å². The first-order valence-electron chi connectivity index (χ1n) is 6.55. The van der Waals surface area contributed by atoms with Crippen molar-refractivity contribution in [2.75, 3.05) is 0 Å². The van der Waals surface area contributed by atoms with Crippen LogP contribution in [0.2, 0.25) is 0 Å².